The Kier molecular flexibility index (Phi) is 8.26. The van der Waals surface area contributed by atoms with E-state index in [4.69, 9.17) is 4.65 Å². The van der Waals surface area contributed by atoms with Gasteiger partial charge < -0.3 is 14.8 Å². The van der Waals surface area contributed by atoms with E-state index in [1.165, 1.54) is 6.42 Å². The van der Waals surface area contributed by atoms with Crippen molar-refractivity contribution in [3.8, 4) is 5.75 Å². The Labute approximate surface area is 250 Å². The van der Waals surface area contributed by atoms with Gasteiger partial charge in [0.15, 0.2) is 0 Å². The molecule has 2 saturated heterocycles. The third kappa shape index (κ3) is 5.58. The Balaban J connectivity index is 1.28. The molecule has 0 unspecified atom stereocenters. The highest BCUT2D eigenvalue weighted by Crippen LogP contribution is 2.51. The second-order valence-corrected chi connectivity index (χ2v) is 13.0. The average molecular weight is 618 g/mol. The van der Waals surface area contributed by atoms with E-state index in [9.17, 15) is 19.7 Å². The number of imide groups is 1. The summed E-state index contributed by atoms with van der Waals surface area (Å²) >= 11 is 3.51. The molecule has 2 heterocycles. The average Bonchev–Trinajstić information content (AvgIpc) is 3.22. The van der Waals surface area contributed by atoms with Gasteiger partial charge in [-0.2, -0.15) is 0 Å². The fourth-order valence-corrected chi connectivity index (χ4v) is 8.09. The van der Waals surface area contributed by atoms with Crippen LogP contribution >= 0.6 is 15.9 Å². The molecule has 0 aromatic heterocycles. The molecule has 214 valence electrons. The number of hydrogen-bond donors (Lipinski definition) is 2. The SMILES string of the molecule is CC1=C2[C@@H](CC/C(=C/c3cc(Br)ccc3O)c3ccccc3)OB(O)C[C@@H]2[C@@H]2C(=O)N(C3CCCCC3)C(=O)[C@@H]2C1. The predicted octanol–water partition coefficient (Wildman–Crippen LogP) is 6.63. The maximum atomic E-state index is 13.9. The lowest BCUT2D eigenvalue weighted by molar-refractivity contribution is -0.143. The van der Waals surface area contributed by atoms with Crippen molar-refractivity contribution in [2.45, 2.75) is 76.8 Å². The van der Waals surface area contributed by atoms with Crippen molar-refractivity contribution >= 4 is 46.5 Å². The molecule has 8 heteroatoms. The van der Waals surface area contributed by atoms with Gasteiger partial charge in [0.1, 0.15) is 5.75 Å². The van der Waals surface area contributed by atoms with Gasteiger partial charge in [0.05, 0.1) is 17.9 Å². The zero-order valence-corrected chi connectivity index (χ0v) is 25.1. The molecule has 2 aromatic rings. The number of nitrogens with zero attached hydrogens (tertiary/aromatic N) is 1. The summed E-state index contributed by atoms with van der Waals surface area (Å²) in [5.74, 6) is -0.772. The number of fused-ring (bicyclic) bond motifs is 3. The van der Waals surface area contributed by atoms with Crippen LogP contribution in [-0.2, 0) is 14.2 Å². The smallest absolute Gasteiger partial charge is 0.455 e. The summed E-state index contributed by atoms with van der Waals surface area (Å²) in [5.41, 5.74) is 5.03. The van der Waals surface area contributed by atoms with E-state index in [0.29, 0.717) is 25.6 Å². The van der Waals surface area contributed by atoms with Crippen molar-refractivity contribution in [1.82, 2.24) is 4.90 Å². The van der Waals surface area contributed by atoms with Crippen LogP contribution in [0.4, 0.5) is 0 Å². The van der Waals surface area contributed by atoms with Crippen LogP contribution in [0.3, 0.4) is 0 Å². The Bertz CT molecular complexity index is 1390. The lowest BCUT2D eigenvalue weighted by atomic mass is 9.58. The second-order valence-electron chi connectivity index (χ2n) is 12.1. The Morgan fingerprint density at radius 2 is 1.83 bits per heavy atom. The molecule has 0 spiro atoms. The number of benzene rings is 2. The van der Waals surface area contributed by atoms with Crippen LogP contribution in [0.1, 0.15) is 69.4 Å². The largest absolute Gasteiger partial charge is 0.507 e. The van der Waals surface area contributed by atoms with Crippen molar-refractivity contribution in [2.24, 2.45) is 17.8 Å². The molecule has 2 aliphatic heterocycles. The molecule has 2 aromatic carbocycles. The fraction of sp³-hybridized carbons (Fsp3) is 0.455. The fourth-order valence-electron chi connectivity index (χ4n) is 7.71. The van der Waals surface area contributed by atoms with Crippen LogP contribution < -0.4 is 0 Å². The molecule has 0 bridgehead atoms. The molecule has 6 rings (SSSR count). The molecule has 4 atom stereocenters. The molecule has 2 aliphatic carbocycles. The van der Waals surface area contributed by atoms with Gasteiger partial charge in [-0.05, 0) is 92.3 Å². The predicted molar refractivity (Wildman–Crippen MR) is 164 cm³/mol. The minimum absolute atomic E-state index is 0.00837. The second kappa shape index (κ2) is 11.9. The molecule has 1 saturated carbocycles. The summed E-state index contributed by atoms with van der Waals surface area (Å²) in [5, 5.41) is 21.4. The summed E-state index contributed by atoms with van der Waals surface area (Å²) in [6.45, 7) is 2.07. The van der Waals surface area contributed by atoms with Crippen LogP contribution in [0.2, 0.25) is 6.32 Å². The van der Waals surface area contributed by atoms with Crippen molar-refractivity contribution in [3.63, 3.8) is 0 Å². The van der Waals surface area contributed by atoms with Crippen molar-refractivity contribution < 1.29 is 24.4 Å². The molecule has 6 nitrogen and oxygen atoms in total. The zero-order valence-electron chi connectivity index (χ0n) is 23.5. The highest BCUT2D eigenvalue weighted by Gasteiger charge is 2.57. The number of phenols is 1. The van der Waals surface area contributed by atoms with E-state index in [1.807, 2.05) is 36.4 Å². The van der Waals surface area contributed by atoms with E-state index < -0.39 is 13.0 Å². The van der Waals surface area contributed by atoms with Crippen LogP contribution in [0.5, 0.6) is 5.75 Å². The molecular formula is C33H37BBrNO5. The number of amides is 2. The number of halogens is 1. The first kappa shape index (κ1) is 28.4. The maximum Gasteiger partial charge on any atom is 0.455 e. The molecule has 4 aliphatic rings. The van der Waals surface area contributed by atoms with Crippen LogP contribution in [0.15, 0.2) is 64.1 Å². The zero-order chi connectivity index (χ0) is 28.7. The highest BCUT2D eigenvalue weighted by atomic mass is 79.9. The van der Waals surface area contributed by atoms with Gasteiger partial charge in [-0.3, -0.25) is 14.5 Å². The third-order valence-electron chi connectivity index (χ3n) is 9.57. The normalized spacial score (nSPS) is 27.3. The minimum atomic E-state index is -0.981. The number of likely N-dealkylation sites (tertiary alicyclic amines) is 1. The van der Waals surface area contributed by atoms with Gasteiger partial charge >= 0.3 is 7.12 Å². The van der Waals surface area contributed by atoms with Crippen molar-refractivity contribution in [2.75, 3.05) is 0 Å². The lowest BCUT2D eigenvalue weighted by Gasteiger charge is -2.42. The highest BCUT2D eigenvalue weighted by molar-refractivity contribution is 9.10. The van der Waals surface area contributed by atoms with Crippen LogP contribution in [-0.4, -0.2) is 46.1 Å². The number of allylic oxidation sites excluding steroid dienone is 2. The molecule has 0 radical (unpaired) electrons. The first-order valence-electron chi connectivity index (χ1n) is 15.0. The quantitative estimate of drug-likeness (QED) is 0.165. The van der Waals surface area contributed by atoms with Crippen LogP contribution in [0.25, 0.3) is 11.6 Å². The number of aromatic hydroxyl groups is 1. The molecule has 2 N–H and O–H groups in total. The van der Waals surface area contributed by atoms with Gasteiger partial charge in [-0.1, -0.05) is 71.1 Å². The monoisotopic (exact) mass is 617 g/mol. The van der Waals surface area contributed by atoms with E-state index in [-0.39, 0.29) is 41.5 Å². The maximum absolute atomic E-state index is 13.9. The summed E-state index contributed by atoms with van der Waals surface area (Å²) in [6.07, 6.45) is 8.92. The van der Waals surface area contributed by atoms with Gasteiger partial charge in [0, 0.05) is 16.1 Å². The van der Waals surface area contributed by atoms with E-state index in [2.05, 4.69) is 35.0 Å². The topological polar surface area (TPSA) is 87.1 Å². The van der Waals surface area contributed by atoms with E-state index in [0.717, 1.165) is 58.0 Å². The van der Waals surface area contributed by atoms with Crippen molar-refractivity contribution in [1.29, 1.82) is 0 Å². The molecule has 2 amide bonds. The van der Waals surface area contributed by atoms with Gasteiger partial charge in [0.25, 0.3) is 0 Å². The number of hydrogen-bond acceptors (Lipinski definition) is 5. The Morgan fingerprint density at radius 3 is 2.59 bits per heavy atom. The lowest BCUT2D eigenvalue weighted by Crippen LogP contribution is -2.46. The molecule has 41 heavy (non-hydrogen) atoms. The summed E-state index contributed by atoms with van der Waals surface area (Å²) in [4.78, 5) is 29.1. The van der Waals surface area contributed by atoms with E-state index in [1.54, 1.807) is 11.0 Å². The number of rotatable bonds is 6. The molecule has 3 fully saturated rings. The van der Waals surface area contributed by atoms with E-state index >= 15 is 0 Å². The third-order valence-corrected chi connectivity index (χ3v) is 10.1. The van der Waals surface area contributed by atoms with Gasteiger partial charge in [-0.25, -0.2) is 0 Å². The van der Waals surface area contributed by atoms with Crippen molar-refractivity contribution in [3.05, 3.63) is 75.3 Å². The number of carbonyl (C=O) groups is 2. The van der Waals surface area contributed by atoms with Gasteiger partial charge in [0.2, 0.25) is 11.8 Å². The first-order chi connectivity index (χ1) is 19.8. The summed E-state index contributed by atoms with van der Waals surface area (Å²) in [7, 11) is -0.981. The number of phenolic OH excluding ortho intramolecular Hbond substituents is 1. The number of carbonyl (C=O) groups excluding carboxylic acids is 2. The summed E-state index contributed by atoms with van der Waals surface area (Å²) in [6, 6.07) is 15.5. The summed E-state index contributed by atoms with van der Waals surface area (Å²) < 4.78 is 7.04. The standard InChI is InChI=1S/C33H37BBrNO5/c1-20-16-26-31(33(39)36(32(26)38)25-10-6-3-7-11-25)27-19-34(40)41-29(30(20)27)15-12-22(21-8-4-2-5-9-21)17-23-18-24(35)13-14-28(23)37/h2,4-5,8-9,13-14,17-18,25-27,29,31,37,40H,3,6-7,10-12,15-16,19H2,1H3/b22-17-/t26-,27+,29-,31-/m1/s1. The van der Waals surface area contributed by atoms with Gasteiger partial charge in [-0.15, -0.1) is 0 Å². The first-order valence-corrected chi connectivity index (χ1v) is 15.8. The van der Waals surface area contributed by atoms with Crippen LogP contribution in [0, 0.1) is 17.8 Å². The Hall–Kier alpha value is -2.68. The molecular weight excluding hydrogens is 581 g/mol. The Morgan fingerprint density at radius 1 is 1.07 bits per heavy atom. The minimum Gasteiger partial charge on any atom is -0.507 e.